The number of nitrogens with two attached hydrogens (primary N) is 1. The third-order valence-electron chi connectivity index (χ3n) is 3.54. The number of nitrogens with zero attached hydrogens (tertiary/aromatic N) is 1. The molecule has 1 aliphatic carbocycles. The molecule has 3 rings (SSSR count). The maximum absolute atomic E-state index is 11.0. The highest BCUT2D eigenvalue weighted by Crippen LogP contribution is 2.26. The van der Waals surface area contributed by atoms with Gasteiger partial charge in [0.25, 0.3) is 0 Å². The quantitative estimate of drug-likeness (QED) is 0.797. The normalized spacial score (nSPS) is 13.0. The number of aromatic carboxylic acids is 1. The maximum Gasteiger partial charge on any atom is 0.337 e. The molecule has 0 unspecified atom stereocenters. The fourth-order valence-electron chi connectivity index (χ4n) is 2.52. The molecule has 0 fully saturated rings. The summed E-state index contributed by atoms with van der Waals surface area (Å²) < 4.78 is 0. The van der Waals surface area contributed by atoms with Crippen LogP contribution < -0.4 is 11.1 Å². The number of carboxylic acid groups (broad SMARTS) is 1. The molecule has 1 aromatic carbocycles. The van der Waals surface area contributed by atoms with Crippen molar-refractivity contribution >= 4 is 23.2 Å². The number of hydrogen-bond donors (Lipinski definition) is 3. The number of hydrogen-bond acceptors (Lipinski definition) is 4. The molecule has 20 heavy (non-hydrogen) atoms. The van der Waals surface area contributed by atoms with Crippen molar-refractivity contribution in [2.75, 3.05) is 11.1 Å². The lowest BCUT2D eigenvalue weighted by Crippen LogP contribution is -2.05. The number of nitrogen functional groups attached to an aromatic ring is 1. The Kier molecular flexibility index (Phi) is 3.02. The minimum absolute atomic E-state index is 0.0589. The van der Waals surface area contributed by atoms with Crippen molar-refractivity contribution in [2.24, 2.45) is 0 Å². The van der Waals surface area contributed by atoms with Gasteiger partial charge in [-0.1, -0.05) is 6.07 Å². The van der Waals surface area contributed by atoms with E-state index in [0.717, 1.165) is 18.5 Å². The van der Waals surface area contributed by atoms with E-state index in [9.17, 15) is 4.79 Å². The van der Waals surface area contributed by atoms with Crippen LogP contribution in [0.25, 0.3) is 0 Å². The first-order valence-corrected chi connectivity index (χ1v) is 6.51. The number of aromatic nitrogens is 1. The minimum Gasteiger partial charge on any atom is -0.478 e. The van der Waals surface area contributed by atoms with E-state index < -0.39 is 5.97 Å². The number of carboxylic acids is 1. The van der Waals surface area contributed by atoms with Gasteiger partial charge in [0.15, 0.2) is 0 Å². The molecule has 1 aromatic heterocycles. The van der Waals surface area contributed by atoms with Crippen LogP contribution in [0.1, 0.15) is 27.9 Å². The lowest BCUT2D eigenvalue weighted by molar-refractivity contribution is 0.0698. The topological polar surface area (TPSA) is 88.2 Å². The summed E-state index contributed by atoms with van der Waals surface area (Å²) in [6.45, 7) is 0. The zero-order valence-electron chi connectivity index (χ0n) is 10.9. The number of benzene rings is 1. The SMILES string of the molecule is Nc1cnc(Nc2ccc3c(c2)CCC3)cc1C(=O)O. The van der Waals surface area contributed by atoms with Crippen LogP contribution in [0, 0.1) is 0 Å². The van der Waals surface area contributed by atoms with E-state index in [1.165, 1.54) is 29.8 Å². The van der Waals surface area contributed by atoms with Crippen molar-refractivity contribution in [3.05, 3.63) is 47.2 Å². The molecule has 0 atom stereocenters. The zero-order chi connectivity index (χ0) is 14.1. The van der Waals surface area contributed by atoms with Crippen molar-refractivity contribution in [1.29, 1.82) is 0 Å². The summed E-state index contributed by atoms with van der Waals surface area (Å²) in [6, 6.07) is 7.65. The third kappa shape index (κ3) is 2.30. The Morgan fingerprint density at radius 2 is 2.05 bits per heavy atom. The standard InChI is InChI=1S/C15H15N3O2/c16-13-8-17-14(7-12(13)15(19)20)18-11-5-4-9-2-1-3-10(9)6-11/h4-8H,1-3,16H2,(H,17,18)(H,19,20). The fourth-order valence-corrected chi connectivity index (χ4v) is 2.52. The minimum atomic E-state index is -1.05. The van der Waals surface area contributed by atoms with E-state index in [2.05, 4.69) is 22.4 Å². The summed E-state index contributed by atoms with van der Waals surface area (Å²) in [5.41, 5.74) is 9.47. The van der Waals surface area contributed by atoms with Crippen LogP contribution in [-0.2, 0) is 12.8 Å². The van der Waals surface area contributed by atoms with Crippen LogP contribution >= 0.6 is 0 Å². The van der Waals surface area contributed by atoms with Gasteiger partial charge in [-0.05, 0) is 48.6 Å². The Balaban J connectivity index is 1.88. The number of nitrogens with one attached hydrogen (secondary N) is 1. The molecule has 0 radical (unpaired) electrons. The highest BCUT2D eigenvalue weighted by molar-refractivity contribution is 5.94. The molecule has 0 saturated heterocycles. The Morgan fingerprint density at radius 1 is 1.25 bits per heavy atom. The molecule has 1 heterocycles. The van der Waals surface area contributed by atoms with Gasteiger partial charge in [0.05, 0.1) is 17.4 Å². The number of aryl methyl sites for hydroxylation is 2. The van der Waals surface area contributed by atoms with Gasteiger partial charge in [0.1, 0.15) is 5.82 Å². The number of pyridine rings is 1. The van der Waals surface area contributed by atoms with Crippen LogP contribution in [-0.4, -0.2) is 16.1 Å². The van der Waals surface area contributed by atoms with Crippen molar-refractivity contribution in [3.8, 4) is 0 Å². The van der Waals surface area contributed by atoms with Gasteiger partial charge >= 0.3 is 5.97 Å². The van der Waals surface area contributed by atoms with Crippen molar-refractivity contribution in [1.82, 2.24) is 4.98 Å². The van der Waals surface area contributed by atoms with E-state index in [0.29, 0.717) is 5.82 Å². The third-order valence-corrected chi connectivity index (χ3v) is 3.54. The molecule has 0 saturated carbocycles. The highest BCUT2D eigenvalue weighted by atomic mass is 16.4. The van der Waals surface area contributed by atoms with Gasteiger partial charge in [0, 0.05) is 5.69 Å². The summed E-state index contributed by atoms with van der Waals surface area (Å²) in [4.78, 5) is 15.2. The first-order chi connectivity index (χ1) is 9.63. The first-order valence-electron chi connectivity index (χ1n) is 6.51. The second-order valence-electron chi connectivity index (χ2n) is 4.92. The molecular formula is C15H15N3O2. The molecular weight excluding hydrogens is 254 g/mol. The predicted octanol–water partition coefficient (Wildman–Crippen LogP) is 2.59. The van der Waals surface area contributed by atoms with Gasteiger partial charge in [-0.25, -0.2) is 9.78 Å². The van der Waals surface area contributed by atoms with E-state index in [1.807, 2.05) is 6.07 Å². The molecule has 0 aliphatic heterocycles. The van der Waals surface area contributed by atoms with Crippen LogP contribution in [0.2, 0.25) is 0 Å². The maximum atomic E-state index is 11.0. The average Bonchev–Trinajstić information content (AvgIpc) is 2.88. The Hall–Kier alpha value is -2.56. The zero-order valence-corrected chi connectivity index (χ0v) is 10.9. The van der Waals surface area contributed by atoms with Crippen molar-refractivity contribution in [2.45, 2.75) is 19.3 Å². The molecule has 2 aromatic rings. The van der Waals surface area contributed by atoms with E-state index in [4.69, 9.17) is 10.8 Å². The number of fused-ring (bicyclic) bond motifs is 1. The Bertz CT molecular complexity index is 683. The van der Waals surface area contributed by atoms with E-state index >= 15 is 0 Å². The van der Waals surface area contributed by atoms with Gasteiger partial charge in [-0.2, -0.15) is 0 Å². The van der Waals surface area contributed by atoms with Crippen LogP contribution in [0.5, 0.6) is 0 Å². The van der Waals surface area contributed by atoms with Crippen molar-refractivity contribution in [3.63, 3.8) is 0 Å². The molecule has 0 spiro atoms. The van der Waals surface area contributed by atoms with Gasteiger partial charge in [-0.15, -0.1) is 0 Å². The van der Waals surface area contributed by atoms with E-state index in [-0.39, 0.29) is 11.3 Å². The molecule has 4 N–H and O–H groups in total. The highest BCUT2D eigenvalue weighted by Gasteiger charge is 2.12. The summed E-state index contributed by atoms with van der Waals surface area (Å²) >= 11 is 0. The predicted molar refractivity (Wildman–Crippen MR) is 77.4 cm³/mol. The molecule has 1 aliphatic rings. The summed E-state index contributed by atoms with van der Waals surface area (Å²) in [7, 11) is 0. The Morgan fingerprint density at radius 3 is 2.85 bits per heavy atom. The second kappa shape index (κ2) is 4.85. The van der Waals surface area contributed by atoms with Gasteiger partial charge in [0.2, 0.25) is 0 Å². The number of carbonyl (C=O) groups is 1. The average molecular weight is 269 g/mol. The Labute approximate surface area is 116 Å². The molecule has 0 bridgehead atoms. The summed E-state index contributed by atoms with van der Waals surface area (Å²) in [5, 5.41) is 12.2. The summed E-state index contributed by atoms with van der Waals surface area (Å²) in [6.07, 6.45) is 4.79. The van der Waals surface area contributed by atoms with Crippen LogP contribution in [0.15, 0.2) is 30.5 Å². The largest absolute Gasteiger partial charge is 0.478 e. The monoisotopic (exact) mass is 269 g/mol. The number of anilines is 3. The lowest BCUT2D eigenvalue weighted by Gasteiger charge is -2.09. The van der Waals surface area contributed by atoms with Gasteiger partial charge in [-0.3, -0.25) is 0 Å². The molecule has 5 nitrogen and oxygen atoms in total. The van der Waals surface area contributed by atoms with Gasteiger partial charge < -0.3 is 16.2 Å². The van der Waals surface area contributed by atoms with Crippen LogP contribution in [0.4, 0.5) is 17.2 Å². The van der Waals surface area contributed by atoms with Crippen LogP contribution in [0.3, 0.4) is 0 Å². The first kappa shape index (κ1) is 12.5. The summed E-state index contributed by atoms with van der Waals surface area (Å²) in [5.74, 6) is -0.573. The van der Waals surface area contributed by atoms with E-state index in [1.54, 1.807) is 0 Å². The van der Waals surface area contributed by atoms with Crippen molar-refractivity contribution < 1.29 is 9.90 Å². The molecule has 0 amide bonds. The molecule has 5 heteroatoms. The second-order valence-corrected chi connectivity index (χ2v) is 4.92. The lowest BCUT2D eigenvalue weighted by atomic mass is 10.1. The fraction of sp³-hybridized carbons (Fsp3) is 0.200. The smallest absolute Gasteiger partial charge is 0.337 e. The molecule has 102 valence electrons. The number of rotatable bonds is 3.